The molecular formula is C22H27N3O2. The number of ether oxygens (including phenoxy) is 2. The summed E-state index contributed by atoms with van der Waals surface area (Å²) in [5.74, 6) is 1.42. The topological polar surface area (TPSA) is 48.3 Å². The highest BCUT2D eigenvalue weighted by molar-refractivity contribution is 5.66. The highest BCUT2D eigenvalue weighted by Crippen LogP contribution is 2.33. The van der Waals surface area contributed by atoms with E-state index in [0.717, 1.165) is 29.9 Å². The summed E-state index contributed by atoms with van der Waals surface area (Å²) in [6, 6.07) is 16.7. The van der Waals surface area contributed by atoms with Crippen LogP contribution in [-0.2, 0) is 13.1 Å². The van der Waals surface area contributed by atoms with Crippen molar-refractivity contribution in [3.05, 3.63) is 65.9 Å². The fraction of sp³-hybridized carbons (Fsp3) is 0.318. The van der Waals surface area contributed by atoms with Gasteiger partial charge in [-0.3, -0.25) is 4.68 Å². The minimum atomic E-state index is 0.403. The predicted octanol–water partition coefficient (Wildman–Crippen LogP) is 4.11. The first kappa shape index (κ1) is 19.0. The lowest BCUT2D eigenvalue weighted by molar-refractivity contribution is 0.355. The Morgan fingerprint density at radius 3 is 2.41 bits per heavy atom. The van der Waals surface area contributed by atoms with Crippen LogP contribution in [0.1, 0.15) is 25.0 Å². The van der Waals surface area contributed by atoms with Gasteiger partial charge in [0.15, 0.2) is 11.5 Å². The highest BCUT2D eigenvalue weighted by atomic mass is 16.5. The molecule has 142 valence electrons. The predicted molar refractivity (Wildman–Crippen MR) is 108 cm³/mol. The SMILES string of the molecule is COc1ccc(-c2nn(Cc3ccccc3)cc2CNC(C)C)cc1OC. The van der Waals surface area contributed by atoms with Gasteiger partial charge in [-0.05, 0) is 23.8 Å². The van der Waals surface area contributed by atoms with Crippen molar-refractivity contribution < 1.29 is 9.47 Å². The first-order valence-electron chi connectivity index (χ1n) is 9.16. The molecule has 0 unspecified atom stereocenters. The molecule has 0 amide bonds. The number of methoxy groups -OCH3 is 2. The van der Waals surface area contributed by atoms with Crippen LogP contribution in [0, 0.1) is 0 Å². The van der Waals surface area contributed by atoms with Crippen LogP contribution in [0.3, 0.4) is 0 Å². The summed E-state index contributed by atoms with van der Waals surface area (Å²) in [4.78, 5) is 0. The molecular weight excluding hydrogens is 338 g/mol. The molecule has 0 aliphatic rings. The van der Waals surface area contributed by atoms with Gasteiger partial charge in [-0.1, -0.05) is 44.2 Å². The summed E-state index contributed by atoms with van der Waals surface area (Å²) in [7, 11) is 3.29. The molecule has 0 atom stereocenters. The van der Waals surface area contributed by atoms with Crippen LogP contribution in [-0.4, -0.2) is 30.0 Å². The van der Waals surface area contributed by atoms with Crippen LogP contribution in [0.4, 0.5) is 0 Å². The van der Waals surface area contributed by atoms with E-state index in [1.807, 2.05) is 28.9 Å². The molecule has 0 fully saturated rings. The van der Waals surface area contributed by atoms with Gasteiger partial charge in [0.25, 0.3) is 0 Å². The second-order valence-electron chi connectivity index (χ2n) is 6.79. The van der Waals surface area contributed by atoms with E-state index in [-0.39, 0.29) is 0 Å². The lowest BCUT2D eigenvalue weighted by Crippen LogP contribution is -2.21. The van der Waals surface area contributed by atoms with Crippen molar-refractivity contribution in [3.8, 4) is 22.8 Å². The van der Waals surface area contributed by atoms with Gasteiger partial charge < -0.3 is 14.8 Å². The molecule has 1 N–H and O–H groups in total. The van der Waals surface area contributed by atoms with Gasteiger partial charge in [0.1, 0.15) is 0 Å². The molecule has 0 radical (unpaired) electrons. The van der Waals surface area contributed by atoms with E-state index < -0.39 is 0 Å². The first-order chi connectivity index (χ1) is 13.1. The van der Waals surface area contributed by atoms with Crippen LogP contribution in [0.2, 0.25) is 0 Å². The first-order valence-corrected chi connectivity index (χ1v) is 9.16. The number of aromatic nitrogens is 2. The van der Waals surface area contributed by atoms with Gasteiger partial charge in [-0.15, -0.1) is 0 Å². The summed E-state index contributed by atoms with van der Waals surface area (Å²) >= 11 is 0. The van der Waals surface area contributed by atoms with Crippen molar-refractivity contribution in [2.75, 3.05) is 14.2 Å². The summed E-state index contributed by atoms with van der Waals surface area (Å²) in [6.45, 7) is 5.79. The maximum absolute atomic E-state index is 5.46. The van der Waals surface area contributed by atoms with E-state index >= 15 is 0 Å². The third-order valence-electron chi connectivity index (χ3n) is 4.38. The molecule has 1 heterocycles. The number of hydrogen-bond donors (Lipinski definition) is 1. The highest BCUT2D eigenvalue weighted by Gasteiger charge is 2.14. The molecule has 5 nitrogen and oxygen atoms in total. The zero-order valence-corrected chi connectivity index (χ0v) is 16.4. The number of nitrogens with one attached hydrogen (secondary N) is 1. The average Bonchev–Trinajstić information content (AvgIpc) is 3.09. The Morgan fingerprint density at radius 2 is 1.74 bits per heavy atom. The van der Waals surface area contributed by atoms with Crippen molar-refractivity contribution in [2.24, 2.45) is 0 Å². The van der Waals surface area contributed by atoms with Gasteiger partial charge in [0.05, 0.1) is 26.5 Å². The Hall–Kier alpha value is -2.79. The van der Waals surface area contributed by atoms with Crippen LogP contribution < -0.4 is 14.8 Å². The Morgan fingerprint density at radius 1 is 1.00 bits per heavy atom. The second kappa shape index (κ2) is 8.73. The quantitative estimate of drug-likeness (QED) is 0.652. The molecule has 2 aromatic carbocycles. The number of benzene rings is 2. The van der Waals surface area contributed by atoms with E-state index in [4.69, 9.17) is 14.6 Å². The molecule has 0 aliphatic heterocycles. The van der Waals surface area contributed by atoms with E-state index in [1.165, 1.54) is 5.56 Å². The number of nitrogens with zero attached hydrogens (tertiary/aromatic N) is 2. The average molecular weight is 365 g/mol. The minimum absolute atomic E-state index is 0.403. The maximum atomic E-state index is 5.46. The van der Waals surface area contributed by atoms with Gasteiger partial charge in [-0.25, -0.2) is 0 Å². The van der Waals surface area contributed by atoms with E-state index in [1.54, 1.807) is 14.2 Å². The fourth-order valence-corrected chi connectivity index (χ4v) is 2.98. The second-order valence-corrected chi connectivity index (χ2v) is 6.79. The van der Waals surface area contributed by atoms with E-state index in [2.05, 4.69) is 49.6 Å². The molecule has 0 spiro atoms. The van der Waals surface area contributed by atoms with Crippen molar-refractivity contribution in [3.63, 3.8) is 0 Å². The summed E-state index contributed by atoms with van der Waals surface area (Å²) in [6.07, 6.45) is 2.12. The molecule has 3 aromatic rings. The Labute approximate surface area is 160 Å². The third-order valence-corrected chi connectivity index (χ3v) is 4.38. The van der Waals surface area contributed by atoms with E-state index in [0.29, 0.717) is 17.5 Å². The Bertz CT molecular complexity index is 873. The lowest BCUT2D eigenvalue weighted by atomic mass is 10.1. The van der Waals surface area contributed by atoms with Crippen molar-refractivity contribution in [1.29, 1.82) is 0 Å². The normalized spacial score (nSPS) is 11.0. The largest absolute Gasteiger partial charge is 0.493 e. The number of rotatable bonds is 8. The molecule has 0 aliphatic carbocycles. The summed E-state index contributed by atoms with van der Waals surface area (Å²) in [5, 5.41) is 8.36. The zero-order valence-electron chi connectivity index (χ0n) is 16.4. The standard InChI is InChI=1S/C22H27N3O2/c1-16(2)23-13-19-15-25(14-17-8-6-5-7-9-17)24-22(19)18-10-11-20(26-3)21(12-18)27-4/h5-12,15-16,23H,13-14H2,1-4H3. The summed E-state index contributed by atoms with van der Waals surface area (Å²) in [5.41, 5.74) is 4.36. The van der Waals surface area contributed by atoms with Gasteiger partial charge in [0.2, 0.25) is 0 Å². The Kier molecular flexibility index (Phi) is 6.14. The fourth-order valence-electron chi connectivity index (χ4n) is 2.98. The molecule has 5 heteroatoms. The van der Waals surface area contributed by atoms with Crippen molar-refractivity contribution in [2.45, 2.75) is 33.0 Å². The lowest BCUT2D eigenvalue weighted by Gasteiger charge is -2.10. The summed E-state index contributed by atoms with van der Waals surface area (Å²) < 4.78 is 12.8. The third kappa shape index (κ3) is 4.68. The maximum Gasteiger partial charge on any atom is 0.161 e. The smallest absolute Gasteiger partial charge is 0.161 e. The van der Waals surface area contributed by atoms with Gasteiger partial charge in [0, 0.05) is 29.9 Å². The Balaban J connectivity index is 1.96. The van der Waals surface area contributed by atoms with Crippen molar-refractivity contribution >= 4 is 0 Å². The molecule has 3 rings (SSSR count). The zero-order chi connectivity index (χ0) is 19.2. The van der Waals surface area contributed by atoms with E-state index in [9.17, 15) is 0 Å². The molecule has 27 heavy (non-hydrogen) atoms. The van der Waals surface area contributed by atoms with Gasteiger partial charge in [-0.2, -0.15) is 5.10 Å². The number of hydrogen-bond acceptors (Lipinski definition) is 4. The monoisotopic (exact) mass is 365 g/mol. The van der Waals surface area contributed by atoms with Crippen LogP contribution in [0.15, 0.2) is 54.7 Å². The molecule has 0 saturated heterocycles. The molecule has 0 saturated carbocycles. The van der Waals surface area contributed by atoms with Crippen LogP contribution >= 0.6 is 0 Å². The van der Waals surface area contributed by atoms with Crippen molar-refractivity contribution in [1.82, 2.24) is 15.1 Å². The molecule has 0 bridgehead atoms. The minimum Gasteiger partial charge on any atom is -0.493 e. The van der Waals surface area contributed by atoms with Gasteiger partial charge >= 0.3 is 0 Å². The van der Waals surface area contributed by atoms with Crippen LogP contribution in [0.5, 0.6) is 11.5 Å². The molecule has 1 aromatic heterocycles. The van der Waals surface area contributed by atoms with Crippen LogP contribution in [0.25, 0.3) is 11.3 Å².